The predicted octanol–water partition coefficient (Wildman–Crippen LogP) is 27.9. The molecule has 0 unspecified atom stereocenters. The van der Waals surface area contributed by atoms with Gasteiger partial charge in [-0.2, -0.15) is 0 Å². The summed E-state index contributed by atoms with van der Waals surface area (Å²) in [6.45, 7) is 39.7. The zero-order valence-electron chi connectivity index (χ0n) is 70.6. The molecule has 0 saturated carbocycles. The van der Waals surface area contributed by atoms with E-state index in [1.54, 1.807) is 0 Å². The Morgan fingerprint density at radius 3 is 0.500 bits per heavy atom. The fraction of sp³-hybridized carbons (Fsp3) is 0.164. The van der Waals surface area contributed by atoms with Gasteiger partial charge < -0.3 is 19.9 Å². The summed E-state index contributed by atoms with van der Waals surface area (Å²) in [4.78, 5) is 38.9. The highest BCUT2D eigenvalue weighted by Crippen LogP contribution is 2.47. The molecule has 0 aliphatic carbocycles. The molecule has 4 aliphatic heterocycles. The number of nitrogens with one attached hydrogen (secondary N) is 4. The number of H-pyrrole nitrogens is 4. The number of hydrogen-bond donors (Lipinski definition) is 4. The number of benzene rings is 8. The molecule has 4 aliphatic rings. The first-order valence-electron chi connectivity index (χ1n) is 40.9. The summed E-state index contributed by atoms with van der Waals surface area (Å²) in [6.07, 6.45) is 17.5. The number of aromatic amines is 4. The van der Waals surface area contributed by atoms with Crippen LogP contribution < -0.4 is 0 Å². The quantitative estimate of drug-likeness (QED) is 0.113. The number of fused-ring (bicyclic) bond motifs is 16. The zero-order valence-corrected chi connectivity index (χ0v) is 70.6. The summed E-state index contributed by atoms with van der Waals surface area (Å²) < 4.78 is 0. The van der Waals surface area contributed by atoms with Crippen LogP contribution in [0.2, 0.25) is 0 Å². The summed E-state index contributed by atoms with van der Waals surface area (Å²) in [5, 5.41) is 0. The van der Waals surface area contributed by atoms with Crippen molar-refractivity contribution in [2.75, 3.05) is 0 Å². The minimum absolute atomic E-state index is 0.839. The lowest BCUT2D eigenvalue weighted by Crippen LogP contribution is -1.96. The van der Waals surface area contributed by atoms with Gasteiger partial charge in [0.2, 0.25) is 0 Å². The van der Waals surface area contributed by atoms with Crippen molar-refractivity contribution in [3.8, 4) is 113 Å². The van der Waals surface area contributed by atoms with E-state index in [1.807, 2.05) is 0 Å². The SMILES string of the molecule is Cc1cc(C)c(-c2c3nc(c(-c4c(C)cc(C)cc4C)c4ccc([nH]4)c(-c4c(C)cc(C)cc4C)c4nc(c(-c5ccc(C#CC#Cc6ccc(-c7c8nc(c(-c9c(C)cc(C)cc9C)c9ccc([nH]9)c(-c9c(C)cc(C)cc9C)c9nc(c(-c%10c(C)cc(C)cc%10C)c%10ccc7[nH]%10)C=C9)C=C8)cc6)cc5)c5ccc2[nH]5)C=C4)C=C3)c(C)c1. The molecule has 0 radical (unpaired) electrons. The molecule has 118 heavy (non-hydrogen) atoms. The van der Waals surface area contributed by atoms with Crippen molar-refractivity contribution < 1.29 is 0 Å². The molecular formula is C110H94N8. The second-order valence-corrected chi connectivity index (χ2v) is 33.3. The molecule has 574 valence electrons. The maximum atomic E-state index is 5.72. The largest absolute Gasteiger partial charge is 0.354 e. The Balaban J connectivity index is 0.767. The van der Waals surface area contributed by atoms with Crippen LogP contribution in [0.1, 0.15) is 157 Å². The summed E-state index contributed by atoms with van der Waals surface area (Å²) in [7, 11) is 0. The van der Waals surface area contributed by atoms with E-state index < -0.39 is 0 Å². The molecule has 6 aromatic heterocycles. The van der Waals surface area contributed by atoms with Gasteiger partial charge in [-0.1, -0.05) is 142 Å². The maximum absolute atomic E-state index is 5.72. The lowest BCUT2D eigenvalue weighted by molar-refractivity contribution is 1.27. The summed E-state index contributed by atoms with van der Waals surface area (Å²) in [6, 6.07) is 62.2. The van der Waals surface area contributed by atoms with E-state index in [4.69, 9.17) is 19.9 Å². The second kappa shape index (κ2) is 29.7. The molecule has 14 aromatic rings. The van der Waals surface area contributed by atoms with Gasteiger partial charge >= 0.3 is 0 Å². The van der Waals surface area contributed by atoms with Crippen LogP contribution in [-0.4, -0.2) is 39.9 Å². The fourth-order valence-corrected chi connectivity index (χ4v) is 19.7. The van der Waals surface area contributed by atoms with Gasteiger partial charge in [-0.15, -0.1) is 0 Å². The van der Waals surface area contributed by atoms with Crippen LogP contribution in [0.4, 0.5) is 0 Å². The summed E-state index contributed by atoms with van der Waals surface area (Å²) in [5.41, 5.74) is 55.1. The van der Waals surface area contributed by atoms with E-state index in [0.717, 1.165) is 179 Å². The molecule has 8 nitrogen and oxygen atoms in total. The Morgan fingerprint density at radius 1 is 0.178 bits per heavy atom. The van der Waals surface area contributed by atoms with Crippen molar-refractivity contribution >= 4 is 92.7 Å². The van der Waals surface area contributed by atoms with Crippen LogP contribution in [0.15, 0.2) is 170 Å². The Kier molecular flexibility index (Phi) is 19.0. The van der Waals surface area contributed by atoms with Crippen LogP contribution in [0.25, 0.3) is 182 Å². The standard InChI is InChI=1S/C110H94N8/c1-59-47-65(7)97(66(8)48-59)105-85-35-31-81(111-85)103(82-32-36-86(112-82)106(98-67(9)49-60(2)50-68(98)10)90-40-44-94(116-90)109(93-43-39-89(105)115-93)101-73(15)55-63(5)56-74(101)16)79-27-23-77(24-28-79)21-19-20-22-78-25-29-80(30-26-78)104-83-33-37-87(113-83)107(99-69(11)51-61(3)52-70(99)12)91-41-45-95(117-91)110(102-75(17)57-64(6)58-76(102)18)96-46-42-92(118-96)108(88-38-34-84(104)114-88)100-71(13)53-62(4)54-72(100)14/h23-58,111,113,116,118H,1-18H3. The molecule has 10 heterocycles. The maximum Gasteiger partial charge on any atom is 0.0737 e. The Bertz CT molecular complexity index is 6670. The van der Waals surface area contributed by atoms with E-state index in [2.05, 4.69) is 387 Å². The topological polar surface area (TPSA) is 115 Å². The van der Waals surface area contributed by atoms with E-state index in [9.17, 15) is 0 Å². The molecule has 18 rings (SSSR count). The third kappa shape index (κ3) is 13.6. The van der Waals surface area contributed by atoms with Crippen molar-refractivity contribution in [3.63, 3.8) is 0 Å². The molecular weight excluding hydrogens is 1430 g/mol. The van der Waals surface area contributed by atoms with Crippen LogP contribution in [-0.2, 0) is 0 Å². The van der Waals surface area contributed by atoms with E-state index >= 15 is 0 Å². The lowest BCUT2D eigenvalue weighted by Gasteiger charge is -2.14. The van der Waals surface area contributed by atoms with Gasteiger partial charge in [0.1, 0.15) is 0 Å². The molecule has 8 heteroatoms. The van der Waals surface area contributed by atoms with Crippen LogP contribution >= 0.6 is 0 Å². The first-order chi connectivity index (χ1) is 56.8. The minimum Gasteiger partial charge on any atom is -0.354 e. The first kappa shape index (κ1) is 75.4. The number of nitrogens with zero attached hydrogens (tertiary/aromatic N) is 4. The Labute approximate surface area is 692 Å². The van der Waals surface area contributed by atoms with Crippen LogP contribution in [0.3, 0.4) is 0 Å². The fourth-order valence-electron chi connectivity index (χ4n) is 19.7. The molecule has 4 N–H and O–H groups in total. The van der Waals surface area contributed by atoms with Gasteiger partial charge in [-0.05, 0) is 369 Å². The second-order valence-electron chi connectivity index (χ2n) is 33.3. The third-order valence-electron chi connectivity index (χ3n) is 23.9. The molecule has 0 fully saturated rings. The van der Waals surface area contributed by atoms with Gasteiger partial charge in [-0.25, -0.2) is 19.9 Å². The average Bonchev–Trinajstić information content (AvgIpc) is 1.59. The predicted molar refractivity (Wildman–Crippen MR) is 500 cm³/mol. The summed E-state index contributed by atoms with van der Waals surface area (Å²) in [5.74, 6) is 13.3. The normalized spacial score (nSPS) is 12.1. The molecule has 8 aromatic carbocycles. The highest BCUT2D eigenvalue weighted by molar-refractivity contribution is 6.05. The third-order valence-corrected chi connectivity index (χ3v) is 23.9. The number of aromatic nitrogens is 8. The van der Waals surface area contributed by atoms with Crippen LogP contribution in [0, 0.1) is 148 Å². The van der Waals surface area contributed by atoms with E-state index in [-0.39, 0.29) is 0 Å². The van der Waals surface area contributed by atoms with Crippen molar-refractivity contribution in [2.45, 2.75) is 125 Å². The smallest absolute Gasteiger partial charge is 0.0737 e. The van der Waals surface area contributed by atoms with Gasteiger partial charge in [0.05, 0.1) is 45.6 Å². The number of aryl methyl sites for hydroxylation is 18. The minimum atomic E-state index is 0.839. The number of rotatable bonds is 8. The van der Waals surface area contributed by atoms with Gasteiger partial charge in [0, 0.05) is 99.8 Å². The van der Waals surface area contributed by atoms with Gasteiger partial charge in [0.15, 0.2) is 0 Å². The molecule has 16 bridgehead atoms. The molecule has 0 saturated heterocycles. The van der Waals surface area contributed by atoms with Gasteiger partial charge in [-0.3, -0.25) is 0 Å². The highest BCUT2D eigenvalue weighted by Gasteiger charge is 2.27. The Hall–Kier alpha value is -13.9. The van der Waals surface area contributed by atoms with Crippen LogP contribution in [0.5, 0.6) is 0 Å². The van der Waals surface area contributed by atoms with Gasteiger partial charge in [0.25, 0.3) is 0 Å². The van der Waals surface area contributed by atoms with E-state index in [1.165, 1.54) is 111 Å². The zero-order chi connectivity index (χ0) is 82.0. The number of hydrogen-bond acceptors (Lipinski definition) is 4. The Morgan fingerprint density at radius 2 is 0.331 bits per heavy atom. The summed E-state index contributed by atoms with van der Waals surface area (Å²) >= 11 is 0. The van der Waals surface area contributed by atoms with Crippen molar-refractivity contribution in [1.82, 2.24) is 39.9 Å². The highest BCUT2D eigenvalue weighted by atomic mass is 14.8. The van der Waals surface area contributed by atoms with E-state index in [0.29, 0.717) is 0 Å². The van der Waals surface area contributed by atoms with Crippen molar-refractivity contribution in [2.24, 2.45) is 0 Å². The monoisotopic (exact) mass is 1530 g/mol. The molecule has 0 atom stereocenters. The molecule has 0 spiro atoms. The molecule has 0 amide bonds. The van der Waals surface area contributed by atoms with Crippen molar-refractivity contribution in [1.29, 1.82) is 0 Å². The average molecular weight is 1530 g/mol. The first-order valence-corrected chi connectivity index (χ1v) is 40.9. The lowest BCUT2D eigenvalue weighted by atomic mass is 9.92. The van der Waals surface area contributed by atoms with Crippen molar-refractivity contribution in [3.05, 3.63) is 327 Å².